The Morgan fingerprint density at radius 3 is 2.62 bits per heavy atom. The Kier molecular flexibility index (Phi) is 4.67. The van der Waals surface area contributed by atoms with Crippen LogP contribution < -0.4 is 0 Å². The Morgan fingerprint density at radius 2 is 2.05 bits per heavy atom. The molecule has 2 rings (SSSR count). The van der Waals surface area contributed by atoms with Gasteiger partial charge in [-0.2, -0.15) is 9.40 Å². The number of hydrogen-bond donors (Lipinski definition) is 1. The second-order valence-corrected chi connectivity index (χ2v) is 7.08. The minimum absolute atomic E-state index is 0.0400. The number of aromatic amines is 1. The summed E-state index contributed by atoms with van der Waals surface area (Å²) in [6.45, 7) is 5.61. The smallest absolute Gasteiger partial charge is 0.342 e. The fourth-order valence-electron chi connectivity index (χ4n) is 2.80. The summed E-state index contributed by atoms with van der Waals surface area (Å²) in [5.74, 6) is -0.679. The van der Waals surface area contributed by atoms with E-state index in [1.807, 2.05) is 13.8 Å². The molecule has 21 heavy (non-hydrogen) atoms. The van der Waals surface area contributed by atoms with Crippen LogP contribution in [0.5, 0.6) is 0 Å². The van der Waals surface area contributed by atoms with Gasteiger partial charge in [0.1, 0.15) is 5.56 Å². The van der Waals surface area contributed by atoms with E-state index in [9.17, 15) is 13.2 Å². The molecule has 2 atom stereocenters. The fourth-order valence-corrected chi connectivity index (χ4v) is 4.75. The van der Waals surface area contributed by atoms with Crippen molar-refractivity contribution in [2.75, 3.05) is 6.61 Å². The molecule has 8 heteroatoms. The fraction of sp³-hybridized carbons (Fsp3) is 0.692. The third kappa shape index (κ3) is 2.96. The summed E-state index contributed by atoms with van der Waals surface area (Å²) < 4.78 is 32.0. The number of aromatic nitrogens is 2. The molecule has 1 saturated heterocycles. The van der Waals surface area contributed by atoms with Gasteiger partial charge in [0.2, 0.25) is 0 Å². The maximum absolute atomic E-state index is 12.8. The number of hydrogen-bond acceptors (Lipinski definition) is 5. The predicted octanol–water partition coefficient (Wildman–Crippen LogP) is 1.54. The van der Waals surface area contributed by atoms with Gasteiger partial charge in [0, 0.05) is 12.1 Å². The predicted molar refractivity (Wildman–Crippen MR) is 76.3 cm³/mol. The first kappa shape index (κ1) is 16.0. The Balaban J connectivity index is 2.40. The van der Waals surface area contributed by atoms with Gasteiger partial charge < -0.3 is 4.74 Å². The summed E-state index contributed by atoms with van der Waals surface area (Å²) in [5.41, 5.74) is -0.0400. The summed E-state index contributed by atoms with van der Waals surface area (Å²) >= 11 is 0. The van der Waals surface area contributed by atoms with Gasteiger partial charge in [0.25, 0.3) is 10.0 Å². The van der Waals surface area contributed by atoms with Crippen LogP contribution in [0, 0.1) is 0 Å². The van der Waals surface area contributed by atoms with E-state index in [0.717, 1.165) is 19.3 Å². The van der Waals surface area contributed by atoms with Crippen LogP contribution in [0.3, 0.4) is 0 Å². The molecular formula is C13H21N3O4S. The molecule has 118 valence electrons. The SMILES string of the molecule is CCOC(=O)c1cn[nH]c1S(=O)(=O)N1[C@H](C)CCC[C@@H]1C. The first-order valence-electron chi connectivity index (χ1n) is 7.13. The van der Waals surface area contributed by atoms with Crippen molar-refractivity contribution in [2.45, 2.75) is 57.1 Å². The van der Waals surface area contributed by atoms with Crippen molar-refractivity contribution in [3.8, 4) is 0 Å². The molecule has 0 radical (unpaired) electrons. The summed E-state index contributed by atoms with van der Waals surface area (Å²) in [6, 6.07) is -0.200. The molecule has 1 aliphatic heterocycles. The van der Waals surface area contributed by atoms with Crippen molar-refractivity contribution >= 4 is 16.0 Å². The number of carbonyl (C=O) groups is 1. The van der Waals surface area contributed by atoms with Crippen LogP contribution in [0.2, 0.25) is 0 Å². The number of piperidine rings is 1. The van der Waals surface area contributed by atoms with Crippen molar-refractivity contribution in [2.24, 2.45) is 0 Å². The molecule has 1 aromatic rings. The Morgan fingerprint density at radius 1 is 1.43 bits per heavy atom. The number of nitrogens with zero attached hydrogens (tertiary/aromatic N) is 2. The van der Waals surface area contributed by atoms with Crippen molar-refractivity contribution in [1.29, 1.82) is 0 Å². The summed E-state index contributed by atoms with van der Waals surface area (Å²) in [4.78, 5) is 11.9. The van der Waals surface area contributed by atoms with Crippen LogP contribution in [0.1, 0.15) is 50.4 Å². The third-order valence-corrected chi connectivity index (χ3v) is 5.85. The van der Waals surface area contributed by atoms with Gasteiger partial charge in [0.15, 0.2) is 5.03 Å². The van der Waals surface area contributed by atoms with Gasteiger partial charge >= 0.3 is 5.97 Å². The minimum Gasteiger partial charge on any atom is -0.462 e. The molecule has 0 aliphatic carbocycles. The Bertz CT molecular complexity index is 601. The second-order valence-electron chi connectivity index (χ2n) is 5.30. The van der Waals surface area contributed by atoms with Crippen molar-refractivity contribution < 1.29 is 17.9 Å². The number of nitrogens with one attached hydrogen (secondary N) is 1. The van der Waals surface area contributed by atoms with E-state index in [2.05, 4.69) is 10.2 Å². The maximum atomic E-state index is 12.8. The molecule has 0 saturated carbocycles. The highest BCUT2D eigenvalue weighted by atomic mass is 32.2. The summed E-state index contributed by atoms with van der Waals surface area (Å²) in [5, 5.41) is 5.97. The number of carbonyl (C=O) groups excluding carboxylic acids is 1. The lowest BCUT2D eigenvalue weighted by molar-refractivity contribution is 0.0521. The third-order valence-electron chi connectivity index (χ3n) is 3.75. The lowest BCUT2D eigenvalue weighted by atomic mass is 10.0. The number of ether oxygens (including phenoxy) is 1. The highest BCUT2D eigenvalue weighted by molar-refractivity contribution is 7.89. The van der Waals surface area contributed by atoms with E-state index in [0.29, 0.717) is 0 Å². The van der Waals surface area contributed by atoms with E-state index in [1.165, 1.54) is 10.5 Å². The number of sulfonamides is 1. The minimum atomic E-state index is -3.80. The van der Waals surface area contributed by atoms with Crippen LogP contribution in [0.15, 0.2) is 11.2 Å². The van der Waals surface area contributed by atoms with Crippen molar-refractivity contribution in [1.82, 2.24) is 14.5 Å². The van der Waals surface area contributed by atoms with Crippen LogP contribution in [0.4, 0.5) is 0 Å². The zero-order valence-corrected chi connectivity index (χ0v) is 13.3. The lowest BCUT2D eigenvalue weighted by Crippen LogP contribution is -2.47. The van der Waals surface area contributed by atoms with Crippen LogP contribution in [0.25, 0.3) is 0 Å². The monoisotopic (exact) mass is 315 g/mol. The Labute approximate surface area is 124 Å². The van der Waals surface area contributed by atoms with Crippen LogP contribution >= 0.6 is 0 Å². The molecule has 1 N–H and O–H groups in total. The number of rotatable bonds is 4. The average molecular weight is 315 g/mol. The highest BCUT2D eigenvalue weighted by Gasteiger charge is 2.39. The van der Waals surface area contributed by atoms with Crippen molar-refractivity contribution in [3.05, 3.63) is 11.8 Å². The molecule has 1 aromatic heterocycles. The average Bonchev–Trinajstić information content (AvgIpc) is 2.88. The van der Waals surface area contributed by atoms with Crippen molar-refractivity contribution in [3.63, 3.8) is 0 Å². The molecule has 0 unspecified atom stereocenters. The zero-order chi connectivity index (χ0) is 15.6. The zero-order valence-electron chi connectivity index (χ0n) is 12.5. The lowest BCUT2D eigenvalue weighted by Gasteiger charge is -2.37. The van der Waals surface area contributed by atoms with Gasteiger partial charge in [-0.3, -0.25) is 5.10 Å². The first-order chi connectivity index (χ1) is 9.89. The molecule has 0 aromatic carbocycles. The molecule has 7 nitrogen and oxygen atoms in total. The van der Waals surface area contributed by atoms with Gasteiger partial charge in [0.05, 0.1) is 12.8 Å². The quantitative estimate of drug-likeness (QED) is 0.851. The van der Waals surface area contributed by atoms with Gasteiger partial charge in [-0.1, -0.05) is 6.42 Å². The number of esters is 1. The normalized spacial score (nSPS) is 24.0. The van der Waals surface area contributed by atoms with Gasteiger partial charge in [-0.05, 0) is 33.6 Å². The first-order valence-corrected chi connectivity index (χ1v) is 8.57. The second kappa shape index (κ2) is 6.15. The molecule has 1 aliphatic rings. The van der Waals surface area contributed by atoms with E-state index in [-0.39, 0.29) is 29.3 Å². The highest BCUT2D eigenvalue weighted by Crippen LogP contribution is 2.30. The van der Waals surface area contributed by atoms with E-state index < -0.39 is 16.0 Å². The summed E-state index contributed by atoms with van der Waals surface area (Å²) in [7, 11) is -3.80. The molecule has 0 amide bonds. The molecule has 1 fully saturated rings. The largest absolute Gasteiger partial charge is 0.462 e. The number of H-pyrrole nitrogens is 1. The maximum Gasteiger partial charge on any atom is 0.342 e. The Hall–Kier alpha value is -1.41. The van der Waals surface area contributed by atoms with Crippen LogP contribution in [-0.2, 0) is 14.8 Å². The summed E-state index contributed by atoms with van der Waals surface area (Å²) in [6.07, 6.45) is 3.82. The standard InChI is InChI=1S/C13H21N3O4S/c1-4-20-13(17)11-8-14-15-12(11)21(18,19)16-9(2)6-5-7-10(16)3/h8-10H,4-7H2,1-3H3,(H,14,15)/t9-,10+. The van der Waals surface area contributed by atoms with Gasteiger partial charge in [-0.15, -0.1) is 0 Å². The molecule has 0 bridgehead atoms. The topological polar surface area (TPSA) is 92.4 Å². The molecule has 2 heterocycles. The van der Waals surface area contributed by atoms with E-state index >= 15 is 0 Å². The van der Waals surface area contributed by atoms with Crippen LogP contribution in [-0.4, -0.2) is 47.6 Å². The van der Waals surface area contributed by atoms with Gasteiger partial charge in [-0.25, -0.2) is 13.2 Å². The van der Waals surface area contributed by atoms with E-state index in [4.69, 9.17) is 4.74 Å². The molecular weight excluding hydrogens is 294 g/mol. The van der Waals surface area contributed by atoms with E-state index in [1.54, 1.807) is 6.92 Å². The molecule has 0 spiro atoms.